The fraction of sp³-hybridized carbons (Fsp3) is 0.286. The van der Waals surface area contributed by atoms with Crippen molar-refractivity contribution in [2.75, 3.05) is 26.3 Å². The second-order valence-corrected chi connectivity index (χ2v) is 9.92. The van der Waals surface area contributed by atoms with Crippen molar-refractivity contribution in [1.29, 1.82) is 0 Å². The Morgan fingerprint density at radius 2 is 1.77 bits per heavy atom. The Hall–Kier alpha value is -4.38. The molecule has 2 aliphatic heterocycles. The van der Waals surface area contributed by atoms with Crippen LogP contribution in [0.5, 0.6) is 11.6 Å². The number of carbonyl (C=O) groups is 3. The van der Waals surface area contributed by atoms with E-state index < -0.39 is 40.8 Å². The van der Waals surface area contributed by atoms with Crippen LogP contribution < -0.4 is 15.8 Å². The molecule has 2 aromatic carbocycles. The number of morpholine rings is 1. The van der Waals surface area contributed by atoms with E-state index in [0.29, 0.717) is 48.7 Å². The summed E-state index contributed by atoms with van der Waals surface area (Å²) in [4.78, 5) is 43.2. The molecule has 2 aliphatic rings. The van der Waals surface area contributed by atoms with E-state index in [9.17, 15) is 18.8 Å². The van der Waals surface area contributed by atoms with Crippen molar-refractivity contribution in [2.45, 2.75) is 19.8 Å². The number of primary amides is 1. The summed E-state index contributed by atoms with van der Waals surface area (Å²) in [6, 6.07) is 10.8. The highest BCUT2D eigenvalue weighted by Gasteiger charge is 2.45. The van der Waals surface area contributed by atoms with Gasteiger partial charge in [0.15, 0.2) is 11.6 Å². The fourth-order valence-corrected chi connectivity index (χ4v) is 5.00. The molecule has 1 aromatic heterocycles. The van der Waals surface area contributed by atoms with E-state index in [2.05, 4.69) is 10.3 Å². The van der Waals surface area contributed by atoms with Gasteiger partial charge >= 0.3 is 6.03 Å². The van der Waals surface area contributed by atoms with Crippen LogP contribution in [0, 0.1) is 17.0 Å². The zero-order valence-electron chi connectivity index (χ0n) is 21.3. The van der Waals surface area contributed by atoms with E-state index in [1.165, 1.54) is 29.2 Å². The Morgan fingerprint density at radius 3 is 2.46 bits per heavy atom. The molecule has 202 valence electrons. The Balaban J connectivity index is 1.53. The average Bonchev–Trinajstić information content (AvgIpc) is 2.91. The van der Waals surface area contributed by atoms with Gasteiger partial charge in [0, 0.05) is 35.7 Å². The van der Waals surface area contributed by atoms with Gasteiger partial charge < -0.3 is 20.1 Å². The number of imide groups is 1. The largest absolute Gasteiger partial charge is 0.435 e. The average molecular weight is 537 g/mol. The number of aromatic nitrogens is 1. The van der Waals surface area contributed by atoms with Crippen molar-refractivity contribution in [1.82, 2.24) is 15.2 Å². The third kappa shape index (κ3) is 4.81. The van der Waals surface area contributed by atoms with Gasteiger partial charge in [-0.1, -0.05) is 38.1 Å². The third-order valence-corrected chi connectivity index (χ3v) is 7.05. The van der Waals surface area contributed by atoms with E-state index in [1.54, 1.807) is 38.1 Å². The van der Waals surface area contributed by atoms with Crippen LogP contribution >= 0.6 is 0 Å². The Morgan fingerprint density at radius 1 is 1.03 bits per heavy atom. The highest BCUT2D eigenvalue weighted by molar-refractivity contribution is 5.97. The number of fused-ring (bicyclic) bond motifs is 2. The summed E-state index contributed by atoms with van der Waals surface area (Å²) in [5, 5.41) is 2.10. The zero-order valence-corrected chi connectivity index (χ0v) is 21.3. The molecule has 1 fully saturated rings. The highest BCUT2D eigenvalue weighted by atomic mass is 19.1. The molecule has 1 atom stereocenters. The van der Waals surface area contributed by atoms with Gasteiger partial charge in [0.2, 0.25) is 11.8 Å². The van der Waals surface area contributed by atoms with Crippen LogP contribution in [0.1, 0.15) is 41.3 Å². The van der Waals surface area contributed by atoms with Gasteiger partial charge in [-0.05, 0) is 24.3 Å². The number of hydrogen-bond donors (Lipinski definition) is 2. The lowest BCUT2D eigenvalue weighted by atomic mass is 9.69. The number of para-hydroxylation sites is 1. The smallest absolute Gasteiger partial charge is 0.318 e. The first-order valence-corrected chi connectivity index (χ1v) is 12.3. The maximum absolute atomic E-state index is 15.1. The first-order chi connectivity index (χ1) is 18.6. The monoisotopic (exact) mass is 536 g/mol. The molecule has 1 saturated heterocycles. The summed E-state index contributed by atoms with van der Waals surface area (Å²) in [6.07, 6.45) is 0. The SMILES string of the molecule is CC(C)(C(=O)NC(N)=O)[C@@H]1c2ccc(-c3ccc(C(=O)N4CCOCC4)c(F)c3)nc2Oc2c(F)cccc21. The molecule has 0 bridgehead atoms. The van der Waals surface area contributed by atoms with Gasteiger partial charge in [-0.3, -0.25) is 14.9 Å². The van der Waals surface area contributed by atoms with E-state index in [0.717, 1.165) is 0 Å². The number of carbonyl (C=O) groups excluding carboxylic acids is 3. The number of nitrogens with zero attached hydrogens (tertiary/aromatic N) is 2. The van der Waals surface area contributed by atoms with Crippen molar-refractivity contribution in [3.8, 4) is 22.9 Å². The number of amides is 4. The molecule has 3 heterocycles. The molecule has 3 aromatic rings. The van der Waals surface area contributed by atoms with Gasteiger partial charge in [-0.15, -0.1) is 0 Å². The minimum atomic E-state index is -1.27. The van der Waals surface area contributed by atoms with Crippen LogP contribution in [-0.2, 0) is 9.53 Å². The van der Waals surface area contributed by atoms with Crippen LogP contribution in [0.3, 0.4) is 0 Å². The van der Waals surface area contributed by atoms with Crippen LogP contribution in [0.15, 0.2) is 48.5 Å². The topological polar surface area (TPSA) is 124 Å². The van der Waals surface area contributed by atoms with Crippen LogP contribution in [-0.4, -0.2) is 54.0 Å². The molecule has 5 rings (SSSR count). The van der Waals surface area contributed by atoms with Gasteiger partial charge in [-0.25, -0.2) is 18.6 Å². The number of urea groups is 1. The number of nitrogens with one attached hydrogen (secondary N) is 1. The van der Waals surface area contributed by atoms with Crippen LogP contribution in [0.25, 0.3) is 11.3 Å². The number of ether oxygens (including phenoxy) is 2. The molecule has 39 heavy (non-hydrogen) atoms. The van der Waals surface area contributed by atoms with Crippen molar-refractivity contribution < 1.29 is 32.6 Å². The van der Waals surface area contributed by atoms with Gasteiger partial charge in [-0.2, -0.15) is 0 Å². The second-order valence-electron chi connectivity index (χ2n) is 9.92. The second kappa shape index (κ2) is 10.1. The lowest BCUT2D eigenvalue weighted by Gasteiger charge is -2.37. The summed E-state index contributed by atoms with van der Waals surface area (Å²) in [7, 11) is 0. The van der Waals surface area contributed by atoms with Crippen LogP contribution in [0.2, 0.25) is 0 Å². The molecule has 0 spiro atoms. The first kappa shape index (κ1) is 26.2. The summed E-state index contributed by atoms with van der Waals surface area (Å²) in [5.41, 5.74) is 5.40. The molecule has 11 heteroatoms. The highest BCUT2D eigenvalue weighted by Crippen LogP contribution is 2.52. The molecular weight excluding hydrogens is 510 g/mol. The standard InChI is InChI=1S/C28H26F2N4O5/c1-28(2,26(36)33-27(31)37)22-17-4-3-5-19(29)23(17)39-24-18(22)8-9-21(32-24)15-6-7-16(20(30)14-15)25(35)34-10-12-38-13-11-34/h3-9,14,22H,10-13H2,1-2H3,(H3,31,33,36,37)/t22-/m0/s1. The number of pyridine rings is 1. The lowest BCUT2D eigenvalue weighted by molar-refractivity contribution is -0.128. The van der Waals surface area contributed by atoms with E-state index in [-0.39, 0.29) is 17.2 Å². The predicted molar refractivity (Wildman–Crippen MR) is 136 cm³/mol. The van der Waals surface area contributed by atoms with Gasteiger partial charge in [0.25, 0.3) is 5.91 Å². The van der Waals surface area contributed by atoms with E-state index in [1.807, 2.05) is 0 Å². The summed E-state index contributed by atoms with van der Waals surface area (Å²) < 4.78 is 41.0. The maximum atomic E-state index is 15.1. The molecule has 0 aliphatic carbocycles. The van der Waals surface area contributed by atoms with E-state index >= 15 is 4.39 Å². The zero-order chi connectivity index (χ0) is 27.9. The molecule has 4 amide bonds. The number of nitrogens with two attached hydrogens (primary N) is 1. The minimum Gasteiger partial charge on any atom is -0.435 e. The van der Waals surface area contributed by atoms with Gasteiger partial charge in [0.1, 0.15) is 5.82 Å². The summed E-state index contributed by atoms with van der Waals surface area (Å²) in [5.74, 6) is -3.26. The third-order valence-electron chi connectivity index (χ3n) is 7.05. The van der Waals surface area contributed by atoms with Crippen LogP contribution in [0.4, 0.5) is 13.6 Å². The van der Waals surface area contributed by atoms with E-state index in [4.69, 9.17) is 15.2 Å². The number of hydrogen-bond acceptors (Lipinski definition) is 6. The van der Waals surface area contributed by atoms with Gasteiger partial charge in [0.05, 0.1) is 29.9 Å². The van der Waals surface area contributed by atoms with Crippen molar-refractivity contribution >= 4 is 17.8 Å². The minimum absolute atomic E-state index is 0.0314. The fourth-order valence-electron chi connectivity index (χ4n) is 5.00. The predicted octanol–water partition coefficient (Wildman–Crippen LogP) is 3.96. The Bertz CT molecular complexity index is 1490. The number of rotatable bonds is 4. The molecule has 9 nitrogen and oxygen atoms in total. The Labute approximate surface area is 222 Å². The molecular formula is C28H26F2N4O5. The normalized spacial score (nSPS) is 16.5. The molecule has 0 radical (unpaired) electrons. The summed E-state index contributed by atoms with van der Waals surface area (Å²) >= 11 is 0. The first-order valence-electron chi connectivity index (χ1n) is 12.3. The number of benzene rings is 2. The van der Waals surface area contributed by atoms with Crippen molar-refractivity contribution in [3.05, 3.63) is 76.9 Å². The molecule has 3 N–H and O–H groups in total. The molecule has 0 saturated carbocycles. The Kier molecular flexibility index (Phi) is 6.77. The molecule has 0 unspecified atom stereocenters. The van der Waals surface area contributed by atoms with Crippen molar-refractivity contribution in [2.24, 2.45) is 11.1 Å². The maximum Gasteiger partial charge on any atom is 0.318 e. The number of halogens is 2. The lowest BCUT2D eigenvalue weighted by Crippen LogP contribution is -2.46. The van der Waals surface area contributed by atoms with Crippen molar-refractivity contribution in [3.63, 3.8) is 0 Å². The quantitative estimate of drug-likeness (QED) is 0.520. The summed E-state index contributed by atoms with van der Waals surface area (Å²) in [6.45, 7) is 4.78.